The van der Waals surface area contributed by atoms with Gasteiger partial charge in [0.15, 0.2) is 0 Å². The van der Waals surface area contributed by atoms with Crippen molar-refractivity contribution in [3.05, 3.63) is 152 Å². The molecule has 0 spiro atoms. The average molecular weight is 628 g/mol. The molecule has 0 aliphatic rings. The van der Waals surface area contributed by atoms with Crippen LogP contribution in [-0.2, 0) is 0 Å². The quantitative estimate of drug-likeness (QED) is 0.196. The predicted molar refractivity (Wildman–Crippen MR) is 198 cm³/mol. The smallest absolute Gasteiger partial charge is 0.235 e. The number of hydrogen-bond donors (Lipinski definition) is 0. The van der Waals surface area contributed by atoms with Crippen molar-refractivity contribution in [3.8, 4) is 28.3 Å². The van der Waals surface area contributed by atoms with Crippen LogP contribution in [0.5, 0.6) is 0 Å². The number of nitrogens with zero attached hydrogens (tertiary/aromatic N) is 5. The van der Waals surface area contributed by atoms with Crippen LogP contribution in [0.25, 0.3) is 99.7 Å². The molecule has 0 N–H and O–H groups in total. The molecule has 6 nitrogen and oxygen atoms in total. The fraction of sp³-hybridized carbons (Fsp3) is 0. The zero-order valence-corrected chi connectivity index (χ0v) is 26.1. The predicted octanol–water partition coefficient (Wildman–Crippen LogP) is 10.8. The molecule has 5 heterocycles. The van der Waals surface area contributed by atoms with E-state index < -0.39 is 0 Å². The molecule has 0 unspecified atom stereocenters. The maximum atomic E-state index is 6.35. The lowest BCUT2D eigenvalue weighted by Gasteiger charge is -2.12. The number of para-hydroxylation sites is 4. The van der Waals surface area contributed by atoms with Crippen LogP contribution < -0.4 is 0 Å². The third-order valence-corrected chi connectivity index (χ3v) is 9.78. The van der Waals surface area contributed by atoms with E-state index in [9.17, 15) is 0 Å². The topological polar surface area (TPSA) is 61.2 Å². The zero-order valence-electron chi connectivity index (χ0n) is 26.1. The maximum Gasteiger partial charge on any atom is 0.235 e. The molecule has 0 amide bonds. The van der Waals surface area contributed by atoms with Gasteiger partial charge in [0.1, 0.15) is 16.8 Å². The van der Waals surface area contributed by atoms with Gasteiger partial charge in [-0.25, -0.2) is 15.0 Å². The van der Waals surface area contributed by atoms with Crippen LogP contribution >= 0.6 is 0 Å². The van der Waals surface area contributed by atoms with Gasteiger partial charge < -0.3 is 4.42 Å². The third-order valence-electron chi connectivity index (χ3n) is 9.78. The first-order chi connectivity index (χ1) is 24.3. The molecule has 228 valence electrons. The van der Waals surface area contributed by atoms with Crippen molar-refractivity contribution in [2.75, 3.05) is 0 Å². The van der Waals surface area contributed by atoms with Crippen molar-refractivity contribution in [2.24, 2.45) is 0 Å². The lowest BCUT2D eigenvalue weighted by atomic mass is 9.99. The van der Waals surface area contributed by atoms with Gasteiger partial charge in [0.25, 0.3) is 0 Å². The highest BCUT2D eigenvalue weighted by Gasteiger charge is 2.20. The fourth-order valence-electron chi connectivity index (χ4n) is 7.56. The van der Waals surface area contributed by atoms with Gasteiger partial charge in [-0.1, -0.05) is 103 Å². The van der Waals surface area contributed by atoms with Crippen molar-refractivity contribution in [3.63, 3.8) is 0 Å². The molecule has 0 radical (unpaired) electrons. The first-order valence-corrected chi connectivity index (χ1v) is 16.4. The number of furan rings is 1. The summed E-state index contributed by atoms with van der Waals surface area (Å²) in [7, 11) is 0. The number of pyridine rings is 1. The van der Waals surface area contributed by atoms with E-state index in [0.29, 0.717) is 5.95 Å². The molecule has 0 atom stereocenters. The normalized spacial score (nSPS) is 12.1. The molecule has 0 saturated carbocycles. The summed E-state index contributed by atoms with van der Waals surface area (Å²) in [4.78, 5) is 15.6. The molecule has 49 heavy (non-hydrogen) atoms. The largest absolute Gasteiger partial charge is 0.455 e. The van der Waals surface area contributed by atoms with Crippen molar-refractivity contribution < 1.29 is 4.42 Å². The van der Waals surface area contributed by atoms with Crippen molar-refractivity contribution >= 4 is 71.3 Å². The van der Waals surface area contributed by atoms with Crippen LogP contribution in [0.15, 0.2) is 156 Å². The van der Waals surface area contributed by atoms with E-state index in [4.69, 9.17) is 19.4 Å². The second-order valence-corrected chi connectivity index (χ2v) is 12.5. The Morgan fingerprint density at radius 3 is 2.14 bits per heavy atom. The summed E-state index contributed by atoms with van der Waals surface area (Å²) < 4.78 is 10.7. The van der Waals surface area contributed by atoms with Gasteiger partial charge in [-0.15, -0.1) is 0 Å². The molecular weight excluding hydrogens is 603 g/mol. The Bertz CT molecular complexity index is 3110. The number of imidazole rings is 1. The van der Waals surface area contributed by atoms with E-state index in [1.54, 1.807) is 0 Å². The average Bonchev–Trinajstić information content (AvgIpc) is 3.84. The van der Waals surface area contributed by atoms with Gasteiger partial charge in [-0.05, 0) is 48.0 Å². The van der Waals surface area contributed by atoms with Crippen LogP contribution in [-0.4, -0.2) is 23.9 Å². The highest BCUT2D eigenvalue weighted by Crippen LogP contribution is 2.39. The summed E-state index contributed by atoms with van der Waals surface area (Å²) in [6, 6.07) is 50.3. The SMILES string of the molecule is c1ccc2c(-c3ccc(-c4cccc5c4oc4ccccc45)cc3)nc(-n3c4ccccc4c4c5nc6ccccn6c5ccc43)nc2c1. The maximum absolute atomic E-state index is 6.35. The van der Waals surface area contributed by atoms with E-state index in [2.05, 4.69) is 118 Å². The van der Waals surface area contributed by atoms with Gasteiger partial charge >= 0.3 is 0 Å². The summed E-state index contributed by atoms with van der Waals surface area (Å²) in [5.41, 5.74) is 11.8. The standard InChI is InChI=1S/C43H25N5O/c1-4-15-33-31(11-1)40(27-21-19-26(20-22-27)28-13-9-14-30-29-10-3-6-17-37(29)49-42(28)30)46-43(44-33)48-34-16-5-2-12-32(34)39-35(48)23-24-36-41(39)45-38-18-7-8-25-47(36)38/h1-25H. The Balaban J connectivity index is 1.12. The van der Waals surface area contributed by atoms with E-state index in [1.165, 1.54) is 0 Å². The number of rotatable bonds is 3. The van der Waals surface area contributed by atoms with Crippen LogP contribution in [0, 0.1) is 0 Å². The van der Waals surface area contributed by atoms with Crippen LogP contribution in [0.1, 0.15) is 0 Å². The molecule has 0 saturated heterocycles. The number of fused-ring (bicyclic) bond motifs is 11. The minimum absolute atomic E-state index is 0.624. The van der Waals surface area contributed by atoms with Crippen LogP contribution in [0.3, 0.4) is 0 Å². The van der Waals surface area contributed by atoms with Gasteiger partial charge in [0.05, 0.1) is 33.3 Å². The summed E-state index contributed by atoms with van der Waals surface area (Å²) >= 11 is 0. The first-order valence-electron chi connectivity index (χ1n) is 16.4. The minimum Gasteiger partial charge on any atom is -0.455 e. The molecule has 5 aromatic heterocycles. The van der Waals surface area contributed by atoms with Crippen LogP contribution in [0.2, 0.25) is 0 Å². The molecule has 11 aromatic rings. The van der Waals surface area contributed by atoms with E-state index >= 15 is 0 Å². The molecule has 6 aromatic carbocycles. The monoisotopic (exact) mass is 627 g/mol. The molecule has 0 aliphatic heterocycles. The molecule has 0 aliphatic carbocycles. The van der Waals surface area contributed by atoms with E-state index in [0.717, 1.165) is 93.7 Å². The molecule has 11 rings (SSSR count). The number of aromatic nitrogens is 5. The Morgan fingerprint density at radius 1 is 0.490 bits per heavy atom. The number of benzene rings is 6. The Morgan fingerprint density at radius 2 is 1.22 bits per heavy atom. The number of hydrogen-bond acceptors (Lipinski definition) is 4. The summed E-state index contributed by atoms with van der Waals surface area (Å²) in [6.07, 6.45) is 2.07. The fourth-order valence-corrected chi connectivity index (χ4v) is 7.56. The van der Waals surface area contributed by atoms with Crippen molar-refractivity contribution in [1.29, 1.82) is 0 Å². The van der Waals surface area contributed by atoms with Gasteiger partial charge in [-0.2, -0.15) is 0 Å². The van der Waals surface area contributed by atoms with Crippen LogP contribution in [0.4, 0.5) is 0 Å². The molecular formula is C43H25N5O. The minimum atomic E-state index is 0.624. The zero-order chi connectivity index (χ0) is 32.1. The molecule has 0 bridgehead atoms. The summed E-state index contributed by atoms with van der Waals surface area (Å²) in [5, 5.41) is 5.47. The lowest BCUT2D eigenvalue weighted by molar-refractivity contribution is 0.670. The first kappa shape index (κ1) is 26.3. The highest BCUT2D eigenvalue weighted by atomic mass is 16.3. The molecule has 6 heteroatoms. The van der Waals surface area contributed by atoms with Crippen molar-refractivity contribution in [2.45, 2.75) is 0 Å². The Hall–Kier alpha value is -6.79. The third kappa shape index (κ3) is 3.74. The Labute approximate surface area is 279 Å². The summed E-state index contributed by atoms with van der Waals surface area (Å²) in [5.74, 6) is 0.624. The second-order valence-electron chi connectivity index (χ2n) is 12.5. The van der Waals surface area contributed by atoms with Gasteiger partial charge in [0, 0.05) is 44.3 Å². The van der Waals surface area contributed by atoms with E-state index in [1.807, 2.05) is 42.5 Å². The summed E-state index contributed by atoms with van der Waals surface area (Å²) in [6.45, 7) is 0. The van der Waals surface area contributed by atoms with E-state index in [-0.39, 0.29) is 0 Å². The Kier molecular flexibility index (Phi) is 5.29. The lowest BCUT2D eigenvalue weighted by Crippen LogP contribution is -2.03. The van der Waals surface area contributed by atoms with Gasteiger partial charge in [-0.3, -0.25) is 8.97 Å². The van der Waals surface area contributed by atoms with Gasteiger partial charge in [0.2, 0.25) is 5.95 Å². The molecule has 0 fully saturated rings. The highest BCUT2D eigenvalue weighted by molar-refractivity contribution is 6.20. The van der Waals surface area contributed by atoms with Crippen molar-refractivity contribution in [1.82, 2.24) is 23.9 Å². The second kappa shape index (κ2) is 9.86.